The quantitative estimate of drug-likeness (QED) is 0.453. The molecular weight excluding hydrogens is 208 g/mol. The second-order valence-electron chi connectivity index (χ2n) is 3.50. The average Bonchev–Trinajstić information content (AvgIpc) is 2.73. The molecule has 0 unspecified atom stereocenters. The minimum atomic E-state index is 0.251. The Morgan fingerprint density at radius 1 is 1.44 bits per heavy atom. The van der Waals surface area contributed by atoms with Gasteiger partial charge in [0.25, 0.3) is 0 Å². The summed E-state index contributed by atoms with van der Waals surface area (Å²) in [6.45, 7) is 1.10. The van der Waals surface area contributed by atoms with Gasteiger partial charge >= 0.3 is 0 Å². The first-order valence-electron chi connectivity index (χ1n) is 5.09. The summed E-state index contributed by atoms with van der Waals surface area (Å²) in [5.41, 5.74) is 1.92. The highest BCUT2D eigenvalue weighted by atomic mass is 16.7. The summed E-state index contributed by atoms with van der Waals surface area (Å²) in [7, 11) is 1.90. The second kappa shape index (κ2) is 4.85. The van der Waals surface area contributed by atoms with Crippen molar-refractivity contribution in [3.63, 3.8) is 0 Å². The van der Waals surface area contributed by atoms with Crippen molar-refractivity contribution in [1.29, 1.82) is 0 Å². The van der Waals surface area contributed by atoms with Crippen molar-refractivity contribution in [2.45, 2.75) is 6.42 Å². The lowest BCUT2D eigenvalue weighted by atomic mass is 10.0. The molecule has 0 saturated heterocycles. The topological polar surface area (TPSA) is 63.1 Å². The Balaban J connectivity index is 2.32. The Hall–Kier alpha value is -1.75. The molecule has 0 aliphatic carbocycles. The molecule has 0 bridgehead atoms. The van der Waals surface area contributed by atoms with Gasteiger partial charge in [0.1, 0.15) is 0 Å². The van der Waals surface area contributed by atoms with Gasteiger partial charge in [0.15, 0.2) is 11.5 Å². The van der Waals surface area contributed by atoms with Gasteiger partial charge in [-0.3, -0.25) is 0 Å². The molecule has 0 saturated carbocycles. The van der Waals surface area contributed by atoms with Crippen molar-refractivity contribution < 1.29 is 14.7 Å². The zero-order valence-electron chi connectivity index (χ0n) is 9.06. The molecule has 86 valence electrons. The van der Waals surface area contributed by atoms with Gasteiger partial charge in [-0.25, -0.2) is 0 Å². The van der Waals surface area contributed by atoms with Gasteiger partial charge in [-0.05, 0) is 37.7 Å². The molecule has 2 rings (SSSR count). The average molecular weight is 222 g/mol. The highest BCUT2D eigenvalue weighted by Gasteiger charge is 2.16. The van der Waals surface area contributed by atoms with Crippen LogP contribution in [-0.2, 0) is 6.42 Å². The third-order valence-electron chi connectivity index (χ3n) is 2.48. The van der Waals surface area contributed by atoms with Gasteiger partial charge in [-0.2, -0.15) is 0 Å². The van der Waals surface area contributed by atoms with Gasteiger partial charge in [-0.1, -0.05) is 5.16 Å². The Morgan fingerprint density at radius 2 is 2.19 bits per heavy atom. The van der Waals surface area contributed by atoms with E-state index in [9.17, 15) is 0 Å². The molecule has 5 nitrogen and oxygen atoms in total. The van der Waals surface area contributed by atoms with E-state index in [0.29, 0.717) is 5.75 Å². The molecule has 2 N–H and O–H groups in total. The van der Waals surface area contributed by atoms with Gasteiger partial charge in [0.05, 0.1) is 6.21 Å². The maximum atomic E-state index is 8.60. The van der Waals surface area contributed by atoms with E-state index < -0.39 is 0 Å². The first kappa shape index (κ1) is 10.8. The Bertz CT molecular complexity index is 404. The van der Waals surface area contributed by atoms with Crippen molar-refractivity contribution in [1.82, 2.24) is 5.32 Å². The predicted molar refractivity (Wildman–Crippen MR) is 59.6 cm³/mol. The largest absolute Gasteiger partial charge is 0.454 e. The summed E-state index contributed by atoms with van der Waals surface area (Å²) in [4.78, 5) is 0. The third-order valence-corrected chi connectivity index (χ3v) is 2.48. The van der Waals surface area contributed by atoms with Gasteiger partial charge in [0.2, 0.25) is 6.79 Å². The number of benzene rings is 1. The van der Waals surface area contributed by atoms with Crippen molar-refractivity contribution in [3.05, 3.63) is 23.3 Å². The lowest BCUT2D eigenvalue weighted by Gasteiger charge is -2.06. The number of hydrogen-bond acceptors (Lipinski definition) is 5. The van der Waals surface area contributed by atoms with Crippen LogP contribution in [0.15, 0.2) is 17.3 Å². The highest BCUT2D eigenvalue weighted by Crippen LogP contribution is 2.34. The lowest BCUT2D eigenvalue weighted by molar-refractivity contribution is 0.174. The summed E-state index contributed by atoms with van der Waals surface area (Å²) in [5, 5.41) is 14.7. The van der Waals surface area contributed by atoms with Crippen LogP contribution in [0.4, 0.5) is 0 Å². The van der Waals surface area contributed by atoms with E-state index >= 15 is 0 Å². The van der Waals surface area contributed by atoms with Crippen LogP contribution in [0.5, 0.6) is 11.5 Å². The minimum Gasteiger partial charge on any atom is -0.454 e. The molecule has 0 fully saturated rings. The Morgan fingerprint density at radius 3 is 2.88 bits per heavy atom. The fourth-order valence-corrected chi connectivity index (χ4v) is 1.66. The van der Waals surface area contributed by atoms with Crippen molar-refractivity contribution in [3.8, 4) is 11.5 Å². The van der Waals surface area contributed by atoms with E-state index in [2.05, 4.69) is 10.5 Å². The minimum absolute atomic E-state index is 0.251. The number of nitrogens with one attached hydrogen (secondary N) is 1. The number of oxime groups is 1. The molecule has 1 aromatic rings. The molecule has 1 heterocycles. The summed E-state index contributed by atoms with van der Waals surface area (Å²) in [6, 6.07) is 3.75. The maximum Gasteiger partial charge on any atom is 0.231 e. The zero-order chi connectivity index (χ0) is 11.4. The van der Waals surface area contributed by atoms with Gasteiger partial charge in [0, 0.05) is 5.56 Å². The van der Waals surface area contributed by atoms with Gasteiger partial charge < -0.3 is 20.0 Å². The fourth-order valence-electron chi connectivity index (χ4n) is 1.66. The third kappa shape index (κ3) is 2.09. The first-order valence-corrected chi connectivity index (χ1v) is 5.09. The summed E-state index contributed by atoms with van der Waals surface area (Å²) in [6.07, 6.45) is 2.25. The fraction of sp³-hybridized carbons (Fsp3) is 0.364. The van der Waals surface area contributed by atoms with Crippen LogP contribution in [0.1, 0.15) is 11.1 Å². The zero-order valence-corrected chi connectivity index (χ0v) is 9.06. The SMILES string of the molecule is CNCCc1cc2c(cc1/C=N/O)OCO2. The van der Waals surface area contributed by atoms with Crippen LogP contribution >= 0.6 is 0 Å². The van der Waals surface area contributed by atoms with Crippen LogP contribution in [0.25, 0.3) is 0 Å². The predicted octanol–water partition coefficient (Wildman–Crippen LogP) is 0.985. The number of ether oxygens (including phenoxy) is 2. The van der Waals surface area contributed by atoms with Gasteiger partial charge in [-0.15, -0.1) is 0 Å². The monoisotopic (exact) mass is 222 g/mol. The molecule has 5 heteroatoms. The molecular formula is C11H14N2O3. The van der Waals surface area contributed by atoms with E-state index in [0.717, 1.165) is 29.8 Å². The van der Waals surface area contributed by atoms with Crippen LogP contribution in [0, 0.1) is 0 Å². The molecule has 0 amide bonds. The van der Waals surface area contributed by atoms with Crippen molar-refractivity contribution in [2.24, 2.45) is 5.16 Å². The van der Waals surface area contributed by atoms with E-state index in [1.807, 2.05) is 19.2 Å². The maximum absolute atomic E-state index is 8.60. The van der Waals surface area contributed by atoms with Crippen LogP contribution in [0.2, 0.25) is 0 Å². The van der Waals surface area contributed by atoms with Crippen molar-refractivity contribution in [2.75, 3.05) is 20.4 Å². The van der Waals surface area contributed by atoms with E-state index in [1.54, 1.807) is 0 Å². The van der Waals surface area contributed by atoms with Crippen LogP contribution < -0.4 is 14.8 Å². The molecule has 1 aromatic carbocycles. The second-order valence-corrected chi connectivity index (χ2v) is 3.50. The summed E-state index contributed by atoms with van der Waals surface area (Å²) < 4.78 is 10.6. The molecule has 1 aliphatic heterocycles. The number of likely N-dealkylation sites (N-methyl/N-ethyl adjacent to an activating group) is 1. The van der Waals surface area contributed by atoms with Crippen LogP contribution in [-0.4, -0.2) is 31.8 Å². The standard InChI is InChI=1S/C11H14N2O3/c1-12-3-2-8-4-10-11(16-7-15-10)5-9(8)6-13-14/h4-6,12,14H,2-3,7H2,1H3/b13-6+. The van der Waals surface area contributed by atoms with Crippen molar-refractivity contribution >= 4 is 6.21 Å². The van der Waals surface area contributed by atoms with E-state index in [4.69, 9.17) is 14.7 Å². The number of hydrogen-bond donors (Lipinski definition) is 2. The molecule has 0 radical (unpaired) electrons. The van der Waals surface area contributed by atoms with E-state index in [-0.39, 0.29) is 6.79 Å². The summed E-state index contributed by atoms with van der Waals surface area (Å²) in [5.74, 6) is 1.45. The molecule has 1 aliphatic rings. The first-order chi connectivity index (χ1) is 7.85. The normalized spacial score (nSPS) is 13.6. The Labute approximate surface area is 93.7 Å². The molecule has 0 aromatic heterocycles. The molecule has 0 spiro atoms. The summed E-state index contributed by atoms with van der Waals surface area (Å²) >= 11 is 0. The smallest absolute Gasteiger partial charge is 0.231 e. The molecule has 0 atom stereocenters. The Kier molecular flexibility index (Phi) is 3.26. The number of rotatable bonds is 4. The number of nitrogens with zero attached hydrogens (tertiary/aromatic N) is 1. The molecule has 16 heavy (non-hydrogen) atoms. The highest BCUT2D eigenvalue weighted by molar-refractivity contribution is 5.83. The number of fused-ring (bicyclic) bond motifs is 1. The van der Waals surface area contributed by atoms with E-state index in [1.165, 1.54) is 6.21 Å². The lowest BCUT2D eigenvalue weighted by Crippen LogP contribution is -2.11. The van der Waals surface area contributed by atoms with Crippen LogP contribution in [0.3, 0.4) is 0 Å².